The molecule has 1 aromatic heterocycles. The fourth-order valence-corrected chi connectivity index (χ4v) is 4.35. The molecule has 0 aliphatic rings. The summed E-state index contributed by atoms with van der Waals surface area (Å²) in [6.07, 6.45) is 0.721. The summed E-state index contributed by atoms with van der Waals surface area (Å²) < 4.78 is 2.08. The molecule has 152 valence electrons. The summed E-state index contributed by atoms with van der Waals surface area (Å²) in [6.45, 7) is 4.73. The van der Waals surface area contributed by atoms with Gasteiger partial charge in [-0.3, -0.25) is 4.79 Å². The predicted molar refractivity (Wildman–Crippen MR) is 123 cm³/mol. The number of hydrogen-bond donors (Lipinski definition) is 1. The van der Waals surface area contributed by atoms with Crippen LogP contribution < -0.4 is 5.32 Å². The van der Waals surface area contributed by atoms with Gasteiger partial charge in [0.05, 0.1) is 5.25 Å². The SMILES string of the molecule is CCn1c(Cc2ccccc2)nnc1SC(C)C(=O)Nc1cccc2ccccc12. The highest BCUT2D eigenvalue weighted by molar-refractivity contribution is 8.00. The van der Waals surface area contributed by atoms with Crippen LogP contribution >= 0.6 is 11.8 Å². The molecule has 1 unspecified atom stereocenters. The van der Waals surface area contributed by atoms with Crippen molar-refractivity contribution < 1.29 is 4.79 Å². The van der Waals surface area contributed by atoms with E-state index in [4.69, 9.17) is 0 Å². The van der Waals surface area contributed by atoms with E-state index in [-0.39, 0.29) is 11.2 Å². The number of carbonyl (C=O) groups is 1. The number of aromatic nitrogens is 3. The van der Waals surface area contributed by atoms with Crippen molar-refractivity contribution in [2.24, 2.45) is 0 Å². The number of benzene rings is 3. The predicted octanol–water partition coefficient (Wildman–Crippen LogP) is 5.16. The standard InChI is InChI=1S/C24H24N4OS/c1-3-28-22(16-18-10-5-4-6-11-18)26-27-24(28)30-17(2)23(29)25-21-15-9-13-19-12-7-8-14-20(19)21/h4-15,17H,3,16H2,1-2H3,(H,25,29). The van der Waals surface area contributed by atoms with Gasteiger partial charge in [0, 0.05) is 24.0 Å². The maximum Gasteiger partial charge on any atom is 0.237 e. The monoisotopic (exact) mass is 416 g/mol. The summed E-state index contributed by atoms with van der Waals surface area (Å²) in [7, 11) is 0. The Hall–Kier alpha value is -3.12. The third-order valence-corrected chi connectivity index (χ3v) is 6.09. The maximum absolute atomic E-state index is 12.9. The van der Waals surface area contributed by atoms with Gasteiger partial charge in [-0.2, -0.15) is 0 Å². The number of thioether (sulfide) groups is 1. The topological polar surface area (TPSA) is 59.8 Å². The van der Waals surface area contributed by atoms with Gasteiger partial charge in [0.15, 0.2) is 5.16 Å². The minimum atomic E-state index is -0.303. The molecule has 4 aromatic rings. The van der Waals surface area contributed by atoms with Crippen LogP contribution in [0.2, 0.25) is 0 Å². The lowest BCUT2D eigenvalue weighted by Crippen LogP contribution is -2.23. The van der Waals surface area contributed by atoms with Gasteiger partial charge in [0.25, 0.3) is 0 Å². The van der Waals surface area contributed by atoms with Crippen LogP contribution in [0.1, 0.15) is 25.2 Å². The summed E-state index contributed by atoms with van der Waals surface area (Å²) in [6, 6.07) is 24.2. The van der Waals surface area contributed by atoms with Crippen LogP contribution in [0.4, 0.5) is 5.69 Å². The molecule has 0 aliphatic carbocycles. The van der Waals surface area contributed by atoms with Crippen molar-refractivity contribution in [1.82, 2.24) is 14.8 Å². The number of amides is 1. The van der Waals surface area contributed by atoms with Gasteiger partial charge in [-0.1, -0.05) is 78.5 Å². The second kappa shape index (κ2) is 9.13. The Morgan fingerprint density at radius 1 is 1.00 bits per heavy atom. The molecule has 5 nitrogen and oxygen atoms in total. The summed E-state index contributed by atoms with van der Waals surface area (Å²) in [5.74, 6) is 0.861. The molecule has 1 N–H and O–H groups in total. The molecule has 0 aliphatic heterocycles. The van der Waals surface area contributed by atoms with Crippen molar-refractivity contribution in [3.8, 4) is 0 Å². The maximum atomic E-state index is 12.9. The molecule has 0 bridgehead atoms. The normalized spacial score (nSPS) is 12.1. The number of nitrogens with one attached hydrogen (secondary N) is 1. The Kier molecular flexibility index (Phi) is 6.14. The van der Waals surface area contributed by atoms with E-state index in [1.54, 1.807) is 0 Å². The Morgan fingerprint density at radius 3 is 2.53 bits per heavy atom. The number of nitrogens with zero attached hydrogens (tertiary/aromatic N) is 3. The zero-order chi connectivity index (χ0) is 20.9. The van der Waals surface area contributed by atoms with Crippen LogP contribution in [-0.4, -0.2) is 25.9 Å². The van der Waals surface area contributed by atoms with Crippen LogP contribution in [0, 0.1) is 0 Å². The second-order valence-electron chi connectivity index (χ2n) is 7.08. The van der Waals surface area contributed by atoms with Crippen molar-refractivity contribution in [1.29, 1.82) is 0 Å². The highest BCUT2D eigenvalue weighted by Gasteiger charge is 2.20. The molecule has 0 fully saturated rings. The Morgan fingerprint density at radius 2 is 1.73 bits per heavy atom. The lowest BCUT2D eigenvalue weighted by Gasteiger charge is -2.14. The van der Waals surface area contributed by atoms with Crippen molar-refractivity contribution in [3.05, 3.63) is 84.2 Å². The number of carbonyl (C=O) groups excluding carboxylic acids is 1. The molecule has 0 radical (unpaired) electrons. The van der Waals surface area contributed by atoms with Gasteiger partial charge in [-0.15, -0.1) is 10.2 Å². The first-order valence-corrected chi connectivity index (χ1v) is 10.9. The highest BCUT2D eigenvalue weighted by atomic mass is 32.2. The fraction of sp³-hybridized carbons (Fsp3) is 0.208. The molecular formula is C24H24N4OS. The van der Waals surface area contributed by atoms with Crippen molar-refractivity contribution >= 4 is 34.1 Å². The number of rotatable bonds is 7. The highest BCUT2D eigenvalue weighted by Crippen LogP contribution is 2.27. The third kappa shape index (κ3) is 4.39. The minimum Gasteiger partial charge on any atom is -0.325 e. The molecule has 6 heteroatoms. The first-order chi connectivity index (χ1) is 14.7. The van der Waals surface area contributed by atoms with Crippen LogP contribution in [-0.2, 0) is 17.8 Å². The van der Waals surface area contributed by atoms with Crippen LogP contribution in [0.25, 0.3) is 10.8 Å². The third-order valence-electron chi connectivity index (χ3n) is 5.01. The summed E-state index contributed by atoms with van der Waals surface area (Å²) in [4.78, 5) is 12.9. The lowest BCUT2D eigenvalue weighted by atomic mass is 10.1. The first kappa shape index (κ1) is 20.2. The summed E-state index contributed by atoms with van der Waals surface area (Å²) in [5.41, 5.74) is 2.02. The van der Waals surface area contributed by atoms with Gasteiger partial charge in [0.2, 0.25) is 5.91 Å². The van der Waals surface area contributed by atoms with E-state index in [1.165, 1.54) is 17.3 Å². The Balaban J connectivity index is 1.48. The Bertz CT molecular complexity index is 1150. The van der Waals surface area contributed by atoms with E-state index in [1.807, 2.05) is 67.6 Å². The molecule has 1 heterocycles. The van der Waals surface area contributed by atoms with Crippen molar-refractivity contribution in [2.75, 3.05) is 5.32 Å². The van der Waals surface area contributed by atoms with Gasteiger partial charge in [-0.25, -0.2) is 0 Å². The van der Waals surface area contributed by atoms with E-state index in [2.05, 4.69) is 39.1 Å². The molecule has 0 saturated heterocycles. The van der Waals surface area contributed by atoms with Gasteiger partial charge in [-0.05, 0) is 30.9 Å². The molecule has 3 aromatic carbocycles. The quantitative estimate of drug-likeness (QED) is 0.423. The molecule has 1 atom stereocenters. The van der Waals surface area contributed by atoms with Gasteiger partial charge >= 0.3 is 0 Å². The van der Waals surface area contributed by atoms with Gasteiger partial charge < -0.3 is 9.88 Å². The molecule has 0 spiro atoms. The van der Waals surface area contributed by atoms with Gasteiger partial charge in [0.1, 0.15) is 5.82 Å². The van der Waals surface area contributed by atoms with E-state index in [0.717, 1.165) is 40.4 Å². The largest absolute Gasteiger partial charge is 0.325 e. The number of fused-ring (bicyclic) bond motifs is 1. The fourth-order valence-electron chi connectivity index (χ4n) is 3.41. The lowest BCUT2D eigenvalue weighted by molar-refractivity contribution is -0.115. The molecule has 1 amide bonds. The molecule has 0 saturated carbocycles. The number of hydrogen-bond acceptors (Lipinski definition) is 4. The van der Waals surface area contributed by atoms with Crippen molar-refractivity contribution in [2.45, 2.75) is 37.2 Å². The zero-order valence-electron chi connectivity index (χ0n) is 17.1. The zero-order valence-corrected chi connectivity index (χ0v) is 17.9. The van der Waals surface area contributed by atoms with E-state index < -0.39 is 0 Å². The van der Waals surface area contributed by atoms with E-state index >= 15 is 0 Å². The van der Waals surface area contributed by atoms with Crippen LogP contribution in [0.5, 0.6) is 0 Å². The number of anilines is 1. The summed E-state index contributed by atoms with van der Waals surface area (Å²) in [5, 5.41) is 14.4. The minimum absolute atomic E-state index is 0.0494. The second-order valence-corrected chi connectivity index (χ2v) is 8.39. The average molecular weight is 417 g/mol. The summed E-state index contributed by atoms with van der Waals surface area (Å²) >= 11 is 1.44. The molecule has 30 heavy (non-hydrogen) atoms. The first-order valence-electron chi connectivity index (χ1n) is 10.1. The smallest absolute Gasteiger partial charge is 0.237 e. The molecular weight excluding hydrogens is 392 g/mol. The average Bonchev–Trinajstić information content (AvgIpc) is 3.15. The van der Waals surface area contributed by atoms with Crippen LogP contribution in [0.15, 0.2) is 78.0 Å². The van der Waals surface area contributed by atoms with E-state index in [0.29, 0.717) is 0 Å². The Labute approximate surface area is 180 Å². The van der Waals surface area contributed by atoms with Crippen molar-refractivity contribution in [3.63, 3.8) is 0 Å². The molecule has 4 rings (SSSR count). The van der Waals surface area contributed by atoms with E-state index in [9.17, 15) is 4.79 Å². The van der Waals surface area contributed by atoms with Crippen LogP contribution in [0.3, 0.4) is 0 Å².